The summed E-state index contributed by atoms with van der Waals surface area (Å²) in [5, 5.41) is 3.26. The van der Waals surface area contributed by atoms with Gasteiger partial charge >= 0.3 is 6.01 Å². The second-order valence-corrected chi connectivity index (χ2v) is 5.39. The number of benzene rings is 1. The van der Waals surface area contributed by atoms with E-state index in [1.54, 1.807) is 6.07 Å². The number of nitrogens with zero attached hydrogens (tertiary/aromatic N) is 2. The first-order valence-corrected chi connectivity index (χ1v) is 7.36. The van der Waals surface area contributed by atoms with Gasteiger partial charge in [0.2, 0.25) is 5.91 Å². The highest BCUT2D eigenvalue weighted by molar-refractivity contribution is 6.30. The van der Waals surface area contributed by atoms with Crippen LogP contribution in [0, 0.1) is 0 Å². The van der Waals surface area contributed by atoms with Gasteiger partial charge in [0.25, 0.3) is 0 Å². The molecule has 0 spiro atoms. The SMILES string of the molecule is C=CC(=O)NC1COc2c(cccc2Oc2ncc(Cl)cn2)C1. The molecule has 1 aliphatic rings. The van der Waals surface area contributed by atoms with Crippen molar-refractivity contribution in [2.75, 3.05) is 6.61 Å². The highest BCUT2D eigenvalue weighted by Crippen LogP contribution is 2.36. The number of halogens is 1. The van der Waals surface area contributed by atoms with Gasteiger partial charge in [-0.05, 0) is 18.6 Å². The third-order valence-electron chi connectivity index (χ3n) is 3.29. The zero-order valence-electron chi connectivity index (χ0n) is 12.2. The maximum absolute atomic E-state index is 11.4. The Morgan fingerprint density at radius 3 is 2.96 bits per heavy atom. The Bertz CT molecular complexity index is 734. The number of aromatic nitrogens is 2. The minimum absolute atomic E-state index is 0.102. The minimum Gasteiger partial charge on any atom is -0.487 e. The van der Waals surface area contributed by atoms with Gasteiger partial charge in [-0.2, -0.15) is 0 Å². The van der Waals surface area contributed by atoms with E-state index < -0.39 is 0 Å². The quantitative estimate of drug-likeness (QED) is 0.871. The van der Waals surface area contributed by atoms with E-state index in [4.69, 9.17) is 21.1 Å². The van der Waals surface area contributed by atoms with E-state index in [-0.39, 0.29) is 18.0 Å². The lowest BCUT2D eigenvalue weighted by atomic mass is 10.0. The van der Waals surface area contributed by atoms with E-state index in [0.29, 0.717) is 29.5 Å². The molecule has 3 rings (SSSR count). The number of rotatable bonds is 4. The van der Waals surface area contributed by atoms with Crippen molar-refractivity contribution >= 4 is 17.5 Å². The lowest BCUT2D eigenvalue weighted by Crippen LogP contribution is -2.42. The van der Waals surface area contributed by atoms with Crippen LogP contribution in [-0.4, -0.2) is 28.5 Å². The first-order chi connectivity index (χ1) is 11.2. The molecule has 1 N–H and O–H groups in total. The maximum Gasteiger partial charge on any atom is 0.322 e. The summed E-state index contributed by atoms with van der Waals surface area (Å²) in [5.74, 6) is 0.942. The van der Waals surface area contributed by atoms with E-state index in [1.807, 2.05) is 12.1 Å². The van der Waals surface area contributed by atoms with Gasteiger partial charge in [-0.15, -0.1) is 0 Å². The van der Waals surface area contributed by atoms with E-state index in [0.717, 1.165) is 5.56 Å². The van der Waals surface area contributed by atoms with Crippen molar-refractivity contribution in [3.8, 4) is 17.5 Å². The van der Waals surface area contributed by atoms with Crippen molar-refractivity contribution < 1.29 is 14.3 Å². The number of hydrogen-bond acceptors (Lipinski definition) is 5. The Balaban J connectivity index is 1.78. The summed E-state index contributed by atoms with van der Waals surface area (Å²) in [5.41, 5.74) is 0.942. The molecule has 118 valence electrons. The predicted molar refractivity (Wildman–Crippen MR) is 84.9 cm³/mol. The summed E-state index contributed by atoms with van der Waals surface area (Å²) in [6, 6.07) is 5.64. The average molecular weight is 332 g/mol. The van der Waals surface area contributed by atoms with Gasteiger partial charge in [-0.1, -0.05) is 30.3 Å². The highest BCUT2D eigenvalue weighted by Gasteiger charge is 2.24. The molecule has 1 aromatic heterocycles. The predicted octanol–water partition coefficient (Wildman–Crippen LogP) is 2.53. The van der Waals surface area contributed by atoms with Gasteiger partial charge in [-0.3, -0.25) is 4.79 Å². The van der Waals surface area contributed by atoms with Crippen LogP contribution in [0.4, 0.5) is 0 Å². The molecule has 0 saturated carbocycles. The Morgan fingerprint density at radius 2 is 2.22 bits per heavy atom. The maximum atomic E-state index is 11.4. The van der Waals surface area contributed by atoms with Gasteiger partial charge < -0.3 is 14.8 Å². The molecule has 0 bridgehead atoms. The molecule has 0 saturated heterocycles. The summed E-state index contributed by atoms with van der Waals surface area (Å²) in [6.07, 6.45) is 4.81. The van der Waals surface area contributed by atoms with E-state index in [1.165, 1.54) is 18.5 Å². The molecule has 7 heteroatoms. The highest BCUT2D eigenvalue weighted by atomic mass is 35.5. The van der Waals surface area contributed by atoms with Gasteiger partial charge in [0.15, 0.2) is 11.5 Å². The number of carbonyl (C=O) groups excluding carboxylic acids is 1. The molecule has 0 aliphatic carbocycles. The van der Waals surface area contributed by atoms with E-state index in [2.05, 4.69) is 21.9 Å². The normalized spacial score (nSPS) is 16.0. The van der Waals surface area contributed by atoms with Crippen LogP contribution in [-0.2, 0) is 11.2 Å². The van der Waals surface area contributed by atoms with Crippen LogP contribution in [0.5, 0.6) is 17.5 Å². The lowest BCUT2D eigenvalue weighted by molar-refractivity contribution is -0.117. The Labute approximate surface area is 138 Å². The van der Waals surface area contributed by atoms with Crippen molar-refractivity contribution in [2.24, 2.45) is 0 Å². The molecule has 2 heterocycles. The number of para-hydroxylation sites is 1. The molecule has 2 aromatic rings. The van der Waals surface area contributed by atoms with Crippen molar-refractivity contribution in [1.82, 2.24) is 15.3 Å². The molecule has 0 radical (unpaired) electrons. The van der Waals surface area contributed by atoms with Crippen LogP contribution >= 0.6 is 11.6 Å². The standard InChI is InChI=1S/C16H14ClN3O3/c1-2-14(21)20-12-6-10-4-3-5-13(15(10)22-9-12)23-16-18-7-11(17)8-19-16/h2-5,7-8,12H,1,6,9H2,(H,20,21). The fourth-order valence-electron chi connectivity index (χ4n) is 2.28. The molecule has 1 amide bonds. The Hall–Kier alpha value is -2.60. The van der Waals surface area contributed by atoms with Crippen LogP contribution in [0.2, 0.25) is 5.02 Å². The lowest BCUT2D eigenvalue weighted by Gasteiger charge is -2.26. The van der Waals surface area contributed by atoms with E-state index >= 15 is 0 Å². The molecular formula is C16H14ClN3O3. The molecule has 1 unspecified atom stereocenters. The second-order valence-electron chi connectivity index (χ2n) is 4.96. The van der Waals surface area contributed by atoms with Crippen molar-refractivity contribution in [3.63, 3.8) is 0 Å². The number of amides is 1. The average Bonchev–Trinajstić information content (AvgIpc) is 2.57. The Kier molecular flexibility index (Phi) is 4.43. The van der Waals surface area contributed by atoms with Crippen LogP contribution in [0.3, 0.4) is 0 Å². The largest absolute Gasteiger partial charge is 0.487 e. The molecular weight excluding hydrogens is 318 g/mol. The number of nitrogens with one attached hydrogen (secondary N) is 1. The fourth-order valence-corrected chi connectivity index (χ4v) is 2.38. The zero-order chi connectivity index (χ0) is 16.2. The Morgan fingerprint density at radius 1 is 1.43 bits per heavy atom. The van der Waals surface area contributed by atoms with E-state index in [9.17, 15) is 4.79 Å². The van der Waals surface area contributed by atoms with Gasteiger partial charge in [-0.25, -0.2) is 9.97 Å². The first-order valence-electron chi connectivity index (χ1n) is 6.98. The van der Waals surface area contributed by atoms with Gasteiger partial charge in [0.1, 0.15) is 6.61 Å². The van der Waals surface area contributed by atoms with Crippen LogP contribution in [0.15, 0.2) is 43.2 Å². The second kappa shape index (κ2) is 6.66. The molecule has 0 fully saturated rings. The smallest absolute Gasteiger partial charge is 0.322 e. The van der Waals surface area contributed by atoms with Crippen LogP contribution in [0.1, 0.15) is 5.56 Å². The molecule has 1 aromatic carbocycles. The fraction of sp³-hybridized carbons (Fsp3) is 0.188. The van der Waals surface area contributed by atoms with Crippen molar-refractivity contribution in [3.05, 3.63) is 53.8 Å². The third kappa shape index (κ3) is 3.60. The van der Waals surface area contributed by atoms with Gasteiger partial charge in [0, 0.05) is 5.56 Å². The zero-order valence-corrected chi connectivity index (χ0v) is 12.9. The van der Waals surface area contributed by atoms with Crippen molar-refractivity contribution in [2.45, 2.75) is 12.5 Å². The summed E-state index contributed by atoms with van der Waals surface area (Å²) < 4.78 is 11.4. The number of carbonyl (C=O) groups is 1. The molecule has 23 heavy (non-hydrogen) atoms. The summed E-state index contributed by atoms with van der Waals surface area (Å²) in [6.45, 7) is 3.80. The topological polar surface area (TPSA) is 73.3 Å². The van der Waals surface area contributed by atoms with Crippen LogP contribution in [0.25, 0.3) is 0 Å². The van der Waals surface area contributed by atoms with Crippen molar-refractivity contribution in [1.29, 1.82) is 0 Å². The van der Waals surface area contributed by atoms with Gasteiger partial charge in [0.05, 0.1) is 23.5 Å². The summed E-state index contributed by atoms with van der Waals surface area (Å²) in [4.78, 5) is 19.4. The number of fused-ring (bicyclic) bond motifs is 1. The number of hydrogen-bond donors (Lipinski definition) is 1. The first kappa shape index (κ1) is 15.3. The molecule has 1 atom stereocenters. The molecule has 6 nitrogen and oxygen atoms in total. The monoisotopic (exact) mass is 331 g/mol. The van der Waals surface area contributed by atoms with Crippen LogP contribution < -0.4 is 14.8 Å². The summed E-state index contributed by atoms with van der Waals surface area (Å²) in [7, 11) is 0. The molecule has 1 aliphatic heterocycles. The number of ether oxygens (including phenoxy) is 2. The summed E-state index contributed by atoms with van der Waals surface area (Å²) >= 11 is 5.75. The minimum atomic E-state index is -0.219. The third-order valence-corrected chi connectivity index (χ3v) is 3.48.